The molecule has 2 aromatic rings. The molecule has 0 spiro atoms. The lowest BCUT2D eigenvalue weighted by Crippen LogP contribution is -2.47. The number of rotatable bonds is 0. The van der Waals surface area contributed by atoms with Crippen LogP contribution in [0.1, 0.15) is 0 Å². The lowest BCUT2D eigenvalue weighted by molar-refractivity contribution is -0.536. The van der Waals surface area contributed by atoms with Gasteiger partial charge in [0.2, 0.25) is 0 Å². The van der Waals surface area contributed by atoms with Crippen molar-refractivity contribution in [1.82, 2.24) is 0 Å². The molecule has 0 fully saturated rings. The molecule has 0 aliphatic carbocycles. The molecule has 0 unspecified atom stereocenters. The van der Waals surface area contributed by atoms with E-state index in [0.717, 1.165) is 11.6 Å². The first kappa shape index (κ1) is 9.13. The van der Waals surface area contributed by atoms with Gasteiger partial charge in [-0.15, -0.1) is 0 Å². The van der Waals surface area contributed by atoms with Crippen LogP contribution in [0, 0.1) is 5.96 Å². The highest BCUT2D eigenvalue weighted by atomic mass is 32.2. The first-order valence-corrected chi connectivity index (χ1v) is 6.31. The summed E-state index contributed by atoms with van der Waals surface area (Å²) in [5.74, 6) is 1.09. The summed E-state index contributed by atoms with van der Waals surface area (Å²) in [7, 11) is 0. The number of hydrogen-bond donors (Lipinski definition) is 1. The summed E-state index contributed by atoms with van der Waals surface area (Å²) in [5.41, 5.74) is 2.37. The largest absolute Gasteiger partial charge is 0.379 e. The second kappa shape index (κ2) is 3.28. The van der Waals surface area contributed by atoms with E-state index in [4.69, 9.17) is 0 Å². The minimum absolute atomic E-state index is 1.09. The normalized spacial score (nSPS) is 15.5. The van der Waals surface area contributed by atoms with Gasteiger partial charge in [-0.3, -0.25) is 0 Å². The highest BCUT2D eigenvalue weighted by molar-refractivity contribution is 8.08. The van der Waals surface area contributed by atoms with E-state index < -0.39 is 0 Å². The zero-order valence-corrected chi connectivity index (χ0v) is 9.82. The van der Waals surface area contributed by atoms with Gasteiger partial charge >= 0.3 is 5.96 Å². The van der Waals surface area contributed by atoms with Crippen LogP contribution in [0.25, 0.3) is 5.41 Å². The van der Waals surface area contributed by atoms with Crippen LogP contribution >= 0.6 is 11.9 Å². The highest BCUT2D eigenvalue weighted by Crippen LogP contribution is 2.39. The van der Waals surface area contributed by atoms with Gasteiger partial charge in [0, 0.05) is 5.41 Å². The van der Waals surface area contributed by atoms with Gasteiger partial charge in [0.05, 0.1) is 18.1 Å². The summed E-state index contributed by atoms with van der Waals surface area (Å²) < 4.78 is 4.37. The maximum Gasteiger partial charge on any atom is 0.379 e. The molecule has 1 aromatic heterocycles. The smallest absolute Gasteiger partial charge is 0.240 e. The number of anilines is 2. The van der Waals surface area contributed by atoms with Crippen LogP contribution in [0.15, 0.2) is 48.7 Å². The minimum atomic E-state index is 1.09. The van der Waals surface area contributed by atoms with E-state index in [2.05, 4.69) is 61.9 Å². The summed E-state index contributed by atoms with van der Waals surface area (Å²) in [6.07, 6.45) is 2.08. The van der Waals surface area contributed by atoms with Gasteiger partial charge in [-0.1, -0.05) is 18.2 Å². The van der Waals surface area contributed by atoms with E-state index in [1.54, 1.807) is 11.9 Å². The summed E-state index contributed by atoms with van der Waals surface area (Å²) in [6, 6.07) is 14.6. The van der Waals surface area contributed by atoms with E-state index >= 15 is 0 Å². The van der Waals surface area contributed by atoms with E-state index in [0.29, 0.717) is 0 Å². The molecule has 4 rings (SSSR count). The average Bonchev–Trinajstić information content (AvgIpc) is 2.78. The fourth-order valence-electron chi connectivity index (χ4n) is 2.16. The van der Waals surface area contributed by atoms with E-state index in [-0.39, 0.29) is 0 Å². The first-order valence-electron chi connectivity index (χ1n) is 5.48. The van der Waals surface area contributed by atoms with E-state index in [1.807, 2.05) is 6.07 Å². The summed E-state index contributed by atoms with van der Waals surface area (Å²) in [4.78, 5) is 0. The maximum atomic E-state index is 3.46. The molecule has 0 amide bonds. The van der Waals surface area contributed by atoms with Crippen molar-refractivity contribution in [2.45, 2.75) is 0 Å². The number of nitrogens with zero attached hydrogens (tertiary/aromatic N) is 2. The topological polar surface area (TPSA) is 21.2 Å². The van der Waals surface area contributed by atoms with E-state index in [9.17, 15) is 0 Å². The molecule has 0 saturated carbocycles. The molecule has 4 heteroatoms. The lowest BCUT2D eigenvalue weighted by atomic mass is 10.3. The first-order chi connectivity index (χ1) is 8.43. The number of fused-ring (bicyclic) bond motifs is 4. The van der Waals surface area contributed by atoms with Crippen LogP contribution in [0.3, 0.4) is 0 Å². The van der Waals surface area contributed by atoms with Crippen LogP contribution < -0.4 is 19.2 Å². The molecular weight excluding hydrogens is 230 g/mol. The molecule has 0 saturated heterocycles. The van der Waals surface area contributed by atoms with Crippen molar-refractivity contribution in [3.8, 4) is 0 Å². The monoisotopic (exact) mass is 240 g/mol. The van der Waals surface area contributed by atoms with Crippen LogP contribution in [-0.2, 0) is 0 Å². The van der Waals surface area contributed by atoms with Crippen molar-refractivity contribution >= 4 is 28.7 Å². The number of benzene rings is 1. The Morgan fingerprint density at radius 2 is 1.94 bits per heavy atom. The molecule has 3 heterocycles. The average molecular weight is 240 g/mol. The number of nitrogens with one attached hydrogen (secondary N) is 1. The molecule has 1 N–H and O–H groups in total. The number of aromatic nitrogens is 1. The van der Waals surface area contributed by atoms with Crippen molar-refractivity contribution in [3.05, 3.63) is 60.0 Å². The van der Waals surface area contributed by atoms with Gasteiger partial charge in [-0.2, -0.15) is 4.31 Å². The molecule has 1 aromatic carbocycles. The number of para-hydroxylation sites is 2. The molecular formula is C13H10N3S+. The molecule has 2 aliphatic rings. The predicted octanol–water partition coefficient (Wildman–Crippen LogP) is 1.60. The number of pyridine rings is 1. The van der Waals surface area contributed by atoms with Gasteiger partial charge < -0.3 is 0 Å². The molecule has 0 bridgehead atoms. The van der Waals surface area contributed by atoms with Gasteiger partial charge in [0.25, 0.3) is 0 Å². The van der Waals surface area contributed by atoms with Crippen LogP contribution in [0.5, 0.6) is 0 Å². The summed E-state index contributed by atoms with van der Waals surface area (Å²) >= 11 is 1.71. The third-order valence-electron chi connectivity index (χ3n) is 2.96. The van der Waals surface area contributed by atoms with Crippen molar-refractivity contribution < 1.29 is 4.24 Å². The van der Waals surface area contributed by atoms with Crippen molar-refractivity contribution in [1.29, 1.82) is 0 Å². The Morgan fingerprint density at radius 1 is 1.06 bits per heavy atom. The lowest BCUT2D eigenvalue weighted by Gasteiger charge is -2.10. The fraction of sp³-hybridized carbons (Fsp3) is 0. The second-order valence-corrected chi connectivity index (χ2v) is 4.79. The molecule has 0 atom stereocenters. The van der Waals surface area contributed by atoms with Crippen molar-refractivity contribution in [3.63, 3.8) is 0 Å². The van der Waals surface area contributed by atoms with Crippen molar-refractivity contribution in [2.75, 3.05) is 9.62 Å². The van der Waals surface area contributed by atoms with Gasteiger partial charge in [0.15, 0.2) is 5.69 Å². The SMILES string of the molecule is C1=c2cccc[n+]2=C2Nc3ccccc3N2S1. The predicted molar refractivity (Wildman–Crippen MR) is 69.5 cm³/mol. The van der Waals surface area contributed by atoms with Crippen molar-refractivity contribution in [2.24, 2.45) is 0 Å². The number of hydrogen-bond acceptors (Lipinski definition) is 3. The van der Waals surface area contributed by atoms with Gasteiger partial charge in [-0.25, -0.2) is 9.56 Å². The fourth-order valence-corrected chi connectivity index (χ4v) is 3.07. The third-order valence-corrected chi connectivity index (χ3v) is 3.89. The second-order valence-electron chi connectivity index (χ2n) is 3.98. The van der Waals surface area contributed by atoms with E-state index in [1.165, 1.54) is 11.0 Å². The molecule has 3 nitrogen and oxygen atoms in total. The Morgan fingerprint density at radius 3 is 2.94 bits per heavy atom. The zero-order chi connectivity index (χ0) is 11.2. The Labute approximate surface area is 103 Å². The third kappa shape index (κ3) is 1.21. The Kier molecular flexibility index (Phi) is 1.76. The highest BCUT2D eigenvalue weighted by Gasteiger charge is 2.35. The molecule has 17 heavy (non-hydrogen) atoms. The van der Waals surface area contributed by atoms with Gasteiger partial charge in [0.1, 0.15) is 11.0 Å². The summed E-state index contributed by atoms with van der Waals surface area (Å²) in [6.45, 7) is 0. The summed E-state index contributed by atoms with van der Waals surface area (Å²) in [5, 5.41) is 6.82. The Hall–Kier alpha value is -1.94. The molecule has 82 valence electrons. The quantitative estimate of drug-likeness (QED) is 0.558. The van der Waals surface area contributed by atoms with Crippen LogP contribution in [0.4, 0.5) is 11.4 Å². The molecule has 2 aliphatic heterocycles. The van der Waals surface area contributed by atoms with Gasteiger partial charge in [-0.05, 0) is 24.3 Å². The Balaban J connectivity index is 2.05. The van der Waals surface area contributed by atoms with Crippen LogP contribution in [0.2, 0.25) is 0 Å². The molecule has 0 radical (unpaired) electrons. The Bertz CT molecular complexity index is 723. The standard InChI is InChI=1S/C13H9N3S/c1-2-7-12-11(6-1)14-13-15-8-4-3-5-10(15)9-17-16(12)13/h1-9H/p+1. The maximum absolute atomic E-state index is 3.46. The minimum Gasteiger partial charge on any atom is -0.240 e. The zero-order valence-electron chi connectivity index (χ0n) is 9.00. The van der Waals surface area contributed by atoms with Crippen LogP contribution in [-0.4, -0.2) is 0 Å².